The number of carboxylic acids is 1. The molecule has 0 radical (unpaired) electrons. The summed E-state index contributed by atoms with van der Waals surface area (Å²) < 4.78 is 36.1. The second kappa shape index (κ2) is 10.4. The third-order valence-corrected chi connectivity index (χ3v) is 1.83. The number of alkyl halides is 3. The van der Waals surface area contributed by atoms with Crippen molar-refractivity contribution in [2.45, 2.75) is 19.1 Å². The first-order valence-corrected chi connectivity index (χ1v) is 5.59. The molecule has 0 fully saturated rings. The molecular weight excluding hydrogens is 315 g/mol. The maximum Gasteiger partial charge on any atom is 0.490 e. The summed E-state index contributed by atoms with van der Waals surface area (Å²) >= 11 is 0. The lowest BCUT2D eigenvalue weighted by Gasteiger charge is -2.12. The Kier molecular flexibility index (Phi) is 10.3. The maximum absolute atomic E-state index is 11.2. The minimum Gasteiger partial charge on any atom is -0.475 e. The number of nitrogens with one attached hydrogen (secondary N) is 2. The summed E-state index contributed by atoms with van der Waals surface area (Å²) in [4.78, 5) is 41.6. The first-order valence-electron chi connectivity index (χ1n) is 5.59. The number of hydrogen-bond acceptors (Lipinski definition) is 6. The highest BCUT2D eigenvalue weighted by Gasteiger charge is 2.38. The molecule has 0 heterocycles. The molecule has 0 rings (SSSR count). The standard InChI is InChI=1S/C8H15N3O4.C2HF3O2/c1-5(11-6(12)3-9)8(14)10-4-7(13)15-2;3-2(4,5)1(6)7/h5H,3-4,9H2,1-2H3,(H,10,14)(H,11,12);(H,6,7). The largest absolute Gasteiger partial charge is 0.490 e. The zero-order valence-electron chi connectivity index (χ0n) is 11.7. The smallest absolute Gasteiger partial charge is 0.475 e. The van der Waals surface area contributed by atoms with E-state index >= 15 is 0 Å². The lowest BCUT2D eigenvalue weighted by molar-refractivity contribution is -0.192. The minimum absolute atomic E-state index is 0.186. The molecule has 0 aromatic heterocycles. The van der Waals surface area contributed by atoms with Gasteiger partial charge in [0.2, 0.25) is 11.8 Å². The van der Waals surface area contributed by atoms with E-state index in [0.717, 1.165) is 0 Å². The minimum atomic E-state index is -5.08. The van der Waals surface area contributed by atoms with Crippen LogP contribution in [0.3, 0.4) is 0 Å². The van der Waals surface area contributed by atoms with E-state index in [1.54, 1.807) is 0 Å². The number of rotatable bonds is 5. The van der Waals surface area contributed by atoms with Gasteiger partial charge in [0.25, 0.3) is 0 Å². The van der Waals surface area contributed by atoms with Gasteiger partial charge >= 0.3 is 18.1 Å². The Labute approximate surface area is 123 Å². The summed E-state index contributed by atoms with van der Waals surface area (Å²) in [7, 11) is 1.22. The number of methoxy groups -OCH3 is 1. The molecule has 0 bridgehead atoms. The number of halogens is 3. The van der Waals surface area contributed by atoms with Gasteiger partial charge in [0, 0.05) is 0 Å². The van der Waals surface area contributed by atoms with Gasteiger partial charge in [-0.25, -0.2) is 4.79 Å². The Balaban J connectivity index is 0. The van der Waals surface area contributed by atoms with Gasteiger partial charge in [0.05, 0.1) is 13.7 Å². The monoisotopic (exact) mass is 331 g/mol. The molecule has 5 N–H and O–H groups in total. The van der Waals surface area contributed by atoms with Crippen LogP contribution < -0.4 is 16.4 Å². The zero-order chi connectivity index (χ0) is 17.9. The molecule has 128 valence electrons. The van der Waals surface area contributed by atoms with Crippen molar-refractivity contribution in [3.63, 3.8) is 0 Å². The summed E-state index contributed by atoms with van der Waals surface area (Å²) in [5.41, 5.74) is 5.05. The fourth-order valence-electron chi connectivity index (χ4n) is 0.751. The molecule has 0 saturated carbocycles. The molecule has 2 amide bonds. The predicted molar refractivity (Wildman–Crippen MR) is 65.4 cm³/mol. The van der Waals surface area contributed by atoms with Crippen molar-refractivity contribution in [2.75, 3.05) is 20.2 Å². The van der Waals surface area contributed by atoms with Gasteiger partial charge in [-0.05, 0) is 6.92 Å². The number of nitrogens with two attached hydrogens (primary N) is 1. The highest BCUT2D eigenvalue weighted by atomic mass is 19.4. The molecule has 0 aliphatic heterocycles. The molecule has 1 unspecified atom stereocenters. The number of aliphatic carboxylic acids is 1. The van der Waals surface area contributed by atoms with Crippen molar-refractivity contribution < 1.29 is 42.2 Å². The van der Waals surface area contributed by atoms with Gasteiger partial charge in [-0.15, -0.1) is 0 Å². The van der Waals surface area contributed by atoms with Gasteiger partial charge in [-0.3, -0.25) is 14.4 Å². The number of amides is 2. The molecule has 0 spiro atoms. The lowest BCUT2D eigenvalue weighted by atomic mass is 10.3. The number of carbonyl (C=O) groups excluding carboxylic acids is 3. The van der Waals surface area contributed by atoms with Crippen molar-refractivity contribution in [1.29, 1.82) is 0 Å². The van der Waals surface area contributed by atoms with Crippen molar-refractivity contribution in [1.82, 2.24) is 10.6 Å². The predicted octanol–water partition coefficient (Wildman–Crippen LogP) is -1.63. The van der Waals surface area contributed by atoms with E-state index in [1.807, 2.05) is 0 Å². The molecule has 0 aliphatic rings. The molecule has 0 aromatic carbocycles. The highest BCUT2D eigenvalue weighted by molar-refractivity contribution is 5.89. The van der Waals surface area contributed by atoms with Crippen LogP contribution in [0.1, 0.15) is 6.92 Å². The Morgan fingerprint density at radius 1 is 1.27 bits per heavy atom. The van der Waals surface area contributed by atoms with E-state index in [-0.39, 0.29) is 13.1 Å². The normalized spacial score (nSPS) is 11.4. The molecule has 0 aromatic rings. The van der Waals surface area contributed by atoms with Gasteiger partial charge in [-0.1, -0.05) is 0 Å². The number of carbonyl (C=O) groups is 4. The van der Waals surface area contributed by atoms with E-state index in [9.17, 15) is 27.6 Å². The second-order valence-electron chi connectivity index (χ2n) is 3.59. The second-order valence-corrected chi connectivity index (χ2v) is 3.59. The average Bonchev–Trinajstić information content (AvgIpc) is 2.43. The van der Waals surface area contributed by atoms with Crippen LogP contribution in [0.4, 0.5) is 13.2 Å². The Morgan fingerprint density at radius 3 is 2.05 bits per heavy atom. The molecule has 12 heteroatoms. The molecule has 22 heavy (non-hydrogen) atoms. The third kappa shape index (κ3) is 11.5. The van der Waals surface area contributed by atoms with Crippen LogP contribution in [0.15, 0.2) is 0 Å². The van der Waals surface area contributed by atoms with Crippen LogP contribution in [0, 0.1) is 0 Å². The van der Waals surface area contributed by atoms with Gasteiger partial charge in [0.1, 0.15) is 12.6 Å². The Hall–Kier alpha value is -2.37. The van der Waals surface area contributed by atoms with Crippen LogP contribution in [0.2, 0.25) is 0 Å². The molecule has 0 saturated heterocycles. The van der Waals surface area contributed by atoms with Crippen molar-refractivity contribution in [2.24, 2.45) is 5.73 Å². The summed E-state index contributed by atoms with van der Waals surface area (Å²) in [6.45, 7) is 1.08. The number of carboxylic acid groups (broad SMARTS) is 1. The van der Waals surface area contributed by atoms with E-state index in [0.29, 0.717) is 0 Å². The first kappa shape index (κ1) is 21.9. The maximum atomic E-state index is 11.2. The van der Waals surface area contributed by atoms with Crippen LogP contribution >= 0.6 is 0 Å². The lowest BCUT2D eigenvalue weighted by Crippen LogP contribution is -2.47. The average molecular weight is 331 g/mol. The van der Waals surface area contributed by atoms with Gasteiger partial charge in [0.15, 0.2) is 0 Å². The molecule has 0 aliphatic carbocycles. The number of ether oxygens (including phenoxy) is 1. The van der Waals surface area contributed by atoms with Crippen LogP contribution in [0.25, 0.3) is 0 Å². The van der Waals surface area contributed by atoms with E-state index in [4.69, 9.17) is 15.6 Å². The fraction of sp³-hybridized carbons (Fsp3) is 0.600. The molecule has 1 atom stereocenters. The van der Waals surface area contributed by atoms with E-state index in [2.05, 4.69) is 15.4 Å². The number of esters is 1. The Bertz CT molecular complexity index is 413. The van der Waals surface area contributed by atoms with Crippen LogP contribution in [-0.4, -0.2) is 61.3 Å². The van der Waals surface area contributed by atoms with E-state index in [1.165, 1.54) is 14.0 Å². The van der Waals surface area contributed by atoms with E-state index < -0.39 is 36.0 Å². The Morgan fingerprint density at radius 2 is 1.73 bits per heavy atom. The topological polar surface area (TPSA) is 148 Å². The quantitative estimate of drug-likeness (QED) is 0.442. The van der Waals surface area contributed by atoms with Crippen molar-refractivity contribution in [3.8, 4) is 0 Å². The molecular formula is C10H16F3N3O6. The first-order chi connectivity index (χ1) is 9.95. The SMILES string of the molecule is COC(=O)CNC(=O)C(C)NC(=O)CN.O=C(O)C(F)(F)F. The van der Waals surface area contributed by atoms with Gasteiger partial charge in [-0.2, -0.15) is 13.2 Å². The highest BCUT2D eigenvalue weighted by Crippen LogP contribution is 2.13. The van der Waals surface area contributed by atoms with Crippen molar-refractivity contribution >= 4 is 23.8 Å². The molecule has 9 nitrogen and oxygen atoms in total. The number of hydrogen-bond donors (Lipinski definition) is 4. The fourth-order valence-corrected chi connectivity index (χ4v) is 0.751. The summed E-state index contributed by atoms with van der Waals surface area (Å²) in [5.74, 6) is -4.22. The third-order valence-electron chi connectivity index (χ3n) is 1.83. The zero-order valence-corrected chi connectivity index (χ0v) is 11.7. The summed E-state index contributed by atoms with van der Waals surface area (Å²) in [6.07, 6.45) is -5.08. The van der Waals surface area contributed by atoms with Crippen molar-refractivity contribution in [3.05, 3.63) is 0 Å². The van der Waals surface area contributed by atoms with Crippen LogP contribution in [-0.2, 0) is 23.9 Å². The van der Waals surface area contributed by atoms with Gasteiger partial charge < -0.3 is 26.2 Å². The summed E-state index contributed by atoms with van der Waals surface area (Å²) in [5, 5.41) is 11.8. The van der Waals surface area contributed by atoms with Crippen LogP contribution in [0.5, 0.6) is 0 Å². The summed E-state index contributed by atoms with van der Waals surface area (Å²) in [6, 6.07) is -0.731.